The number of carbonyl (C=O) groups excluding carboxylic acids is 5. The van der Waals surface area contributed by atoms with Crippen LogP contribution in [0.5, 0.6) is 0 Å². The molecule has 6 amide bonds. The molecule has 21 heteroatoms. The van der Waals surface area contributed by atoms with Gasteiger partial charge in [0.1, 0.15) is 12.1 Å². The van der Waals surface area contributed by atoms with Crippen LogP contribution in [0, 0.1) is 5.92 Å². The molecule has 0 aliphatic carbocycles. The highest BCUT2D eigenvalue weighted by atomic mass is 35.5. The van der Waals surface area contributed by atoms with Gasteiger partial charge in [-0.15, -0.1) is 10.2 Å². The standard InChI is InChI=1S/C30H28Cl2N14O5/c31-15-6-10-17(11-7-15)33-29(50)37-27-41-39-25-35-23(48)20(43-45(25)27)19(22(47)14-4-2-1-3-5-14)21-24(49)36-26-40-42-28(46(26)44-21)38-30(51)34-18-12-8-16(32)9-13-18/h1-13,19-21,25-26,39-40,43-44H,(H,35,48)(H,36,49)(H2,33,37,41,50)(H2,34,38,42,51). The van der Waals surface area contributed by atoms with Crippen molar-refractivity contribution in [2.75, 3.05) is 10.6 Å². The first-order valence-corrected chi connectivity index (χ1v) is 16.0. The smallest absolute Gasteiger partial charge is 0.315 e. The average molecular weight is 736 g/mol. The topological polar surface area (TPSA) is 237 Å². The molecule has 7 rings (SSSR count). The Morgan fingerprint density at radius 1 is 0.627 bits per heavy atom. The minimum Gasteiger partial charge on any atom is -0.315 e. The molecule has 2 saturated heterocycles. The summed E-state index contributed by atoms with van der Waals surface area (Å²) in [6.45, 7) is 0. The van der Waals surface area contributed by atoms with Gasteiger partial charge in [-0.1, -0.05) is 53.5 Å². The highest BCUT2D eigenvalue weighted by Crippen LogP contribution is 2.24. The van der Waals surface area contributed by atoms with Crippen molar-refractivity contribution in [2.45, 2.75) is 24.7 Å². The second kappa shape index (κ2) is 14.0. The summed E-state index contributed by atoms with van der Waals surface area (Å²) in [7, 11) is 0. The predicted octanol–water partition coefficient (Wildman–Crippen LogP) is 0.361. The van der Waals surface area contributed by atoms with Gasteiger partial charge in [-0.2, -0.15) is 0 Å². The number of hydrazine groups is 2. The molecule has 3 aromatic carbocycles. The lowest BCUT2D eigenvalue weighted by Gasteiger charge is -2.44. The van der Waals surface area contributed by atoms with E-state index in [1.807, 2.05) is 0 Å². The Labute approximate surface area is 298 Å². The zero-order valence-corrected chi connectivity index (χ0v) is 27.5. The van der Waals surface area contributed by atoms with E-state index in [2.05, 4.69) is 63.8 Å². The third-order valence-electron chi connectivity index (χ3n) is 7.97. The fraction of sp³-hybridized carbons (Fsp3) is 0.167. The molecule has 0 spiro atoms. The lowest BCUT2D eigenvalue weighted by molar-refractivity contribution is -0.137. The van der Waals surface area contributed by atoms with Crippen LogP contribution >= 0.6 is 23.2 Å². The Hall–Kier alpha value is -6.15. The van der Waals surface area contributed by atoms with Crippen molar-refractivity contribution in [3.8, 4) is 0 Å². The number of urea groups is 2. The Balaban J connectivity index is 1.11. The van der Waals surface area contributed by atoms with E-state index in [-0.39, 0.29) is 17.5 Å². The lowest BCUT2D eigenvalue weighted by atomic mass is 9.83. The molecule has 262 valence electrons. The number of benzene rings is 3. The molecule has 4 unspecified atom stereocenters. The summed E-state index contributed by atoms with van der Waals surface area (Å²) in [5.74, 6) is -3.36. The molecule has 4 heterocycles. The summed E-state index contributed by atoms with van der Waals surface area (Å²) >= 11 is 11.9. The Morgan fingerprint density at radius 3 is 1.49 bits per heavy atom. The molecular weight excluding hydrogens is 707 g/mol. The highest BCUT2D eigenvalue weighted by Gasteiger charge is 2.52. The van der Waals surface area contributed by atoms with Gasteiger partial charge in [0.2, 0.25) is 36.3 Å². The van der Waals surface area contributed by atoms with Crippen LogP contribution in [0.15, 0.2) is 89.1 Å². The van der Waals surface area contributed by atoms with Gasteiger partial charge in [-0.25, -0.2) is 30.5 Å². The number of Topliss-reactive ketones (excluding diaryl/α,β-unsaturated/α-hetero) is 1. The van der Waals surface area contributed by atoms with Gasteiger partial charge >= 0.3 is 12.1 Å². The number of hydrogen-bond donors (Lipinski definition) is 10. The molecule has 19 nitrogen and oxygen atoms in total. The number of nitrogens with one attached hydrogen (secondary N) is 10. The van der Waals surface area contributed by atoms with Crippen LogP contribution in [0.1, 0.15) is 10.4 Å². The Morgan fingerprint density at radius 2 is 1.06 bits per heavy atom. The minimum absolute atomic E-state index is 0.0439. The van der Waals surface area contributed by atoms with Gasteiger partial charge < -0.3 is 21.3 Å². The number of amides is 6. The van der Waals surface area contributed by atoms with E-state index in [1.165, 1.54) is 10.0 Å². The summed E-state index contributed by atoms with van der Waals surface area (Å²) < 4.78 is 0. The van der Waals surface area contributed by atoms with Crippen LogP contribution in [-0.2, 0) is 9.59 Å². The van der Waals surface area contributed by atoms with E-state index in [4.69, 9.17) is 23.2 Å². The molecule has 0 aromatic heterocycles. The number of hydrogen-bond acceptors (Lipinski definition) is 13. The molecule has 0 radical (unpaired) electrons. The maximum Gasteiger partial charge on any atom is 0.326 e. The highest BCUT2D eigenvalue weighted by molar-refractivity contribution is 6.31. The molecular formula is C30H28Cl2N14O5. The van der Waals surface area contributed by atoms with Crippen LogP contribution in [0.25, 0.3) is 0 Å². The monoisotopic (exact) mass is 734 g/mol. The molecule has 4 aliphatic rings. The number of nitrogens with zero attached hydrogens (tertiary/aromatic N) is 4. The number of halogens is 2. The summed E-state index contributed by atoms with van der Waals surface area (Å²) in [6.07, 6.45) is -1.90. The first-order chi connectivity index (χ1) is 24.6. The second-order valence-electron chi connectivity index (χ2n) is 11.3. The van der Waals surface area contributed by atoms with E-state index in [0.717, 1.165) is 0 Å². The van der Waals surface area contributed by atoms with Crippen molar-refractivity contribution in [1.82, 2.24) is 53.0 Å². The number of rotatable bonds is 6. The molecule has 4 atom stereocenters. The van der Waals surface area contributed by atoms with Gasteiger partial charge in [0.05, 0.1) is 5.92 Å². The number of fused-ring (bicyclic) bond motifs is 2. The van der Waals surface area contributed by atoms with Crippen LogP contribution in [0.2, 0.25) is 10.0 Å². The zero-order valence-electron chi connectivity index (χ0n) is 26.0. The first kappa shape index (κ1) is 33.4. The van der Waals surface area contributed by atoms with Gasteiger partial charge in [0.15, 0.2) is 5.78 Å². The van der Waals surface area contributed by atoms with Crippen LogP contribution in [0.3, 0.4) is 0 Å². The SMILES string of the molecule is O=C(NC1=NNC2NC(=O)C(C(C(=O)c3ccccc3)C3NN4C(NC(=O)Nc5ccc(Cl)cc5)=NNC4NC3=O)NN12)Nc1ccc(Cl)cc1. The van der Waals surface area contributed by atoms with E-state index in [9.17, 15) is 24.0 Å². The zero-order chi connectivity index (χ0) is 35.6. The van der Waals surface area contributed by atoms with Gasteiger partial charge in [-0.3, -0.25) is 35.9 Å². The van der Waals surface area contributed by atoms with Crippen LogP contribution in [-0.4, -0.2) is 76.3 Å². The minimum atomic E-state index is -1.41. The van der Waals surface area contributed by atoms with Crippen LogP contribution in [0.4, 0.5) is 21.0 Å². The predicted molar refractivity (Wildman–Crippen MR) is 184 cm³/mol. The first-order valence-electron chi connectivity index (χ1n) is 15.3. The van der Waals surface area contributed by atoms with Crippen molar-refractivity contribution in [3.05, 3.63) is 94.5 Å². The summed E-state index contributed by atoms with van der Waals surface area (Å²) in [5.41, 5.74) is 12.5. The molecule has 0 bridgehead atoms. The van der Waals surface area contributed by atoms with Crippen molar-refractivity contribution >= 4 is 76.2 Å². The van der Waals surface area contributed by atoms with Crippen molar-refractivity contribution in [3.63, 3.8) is 0 Å². The number of anilines is 2. The van der Waals surface area contributed by atoms with Crippen molar-refractivity contribution < 1.29 is 24.0 Å². The average Bonchev–Trinajstić information content (AvgIpc) is 3.69. The number of guanidine groups is 2. The van der Waals surface area contributed by atoms with Crippen molar-refractivity contribution in [1.29, 1.82) is 0 Å². The summed E-state index contributed by atoms with van der Waals surface area (Å²) in [5, 5.41) is 27.7. The Kier molecular flexibility index (Phi) is 9.15. The summed E-state index contributed by atoms with van der Waals surface area (Å²) in [6, 6.07) is 16.9. The lowest BCUT2D eigenvalue weighted by Crippen LogP contribution is -2.77. The number of carbonyl (C=O) groups is 5. The van der Waals surface area contributed by atoms with E-state index in [0.29, 0.717) is 21.4 Å². The molecule has 4 aliphatic heterocycles. The second-order valence-corrected chi connectivity index (χ2v) is 12.2. The fourth-order valence-electron chi connectivity index (χ4n) is 5.59. The number of ketones is 1. The molecule has 2 fully saturated rings. The Bertz CT molecular complexity index is 1820. The third-order valence-corrected chi connectivity index (χ3v) is 8.48. The largest absolute Gasteiger partial charge is 0.326 e. The third kappa shape index (κ3) is 7.12. The quantitative estimate of drug-likeness (QED) is 0.155. The maximum atomic E-state index is 14.2. The van der Waals surface area contributed by atoms with E-state index >= 15 is 0 Å². The molecule has 10 N–H and O–H groups in total. The van der Waals surface area contributed by atoms with E-state index < -0.39 is 60.2 Å². The van der Waals surface area contributed by atoms with E-state index in [1.54, 1.807) is 78.9 Å². The van der Waals surface area contributed by atoms with Gasteiger partial charge in [0, 0.05) is 27.0 Å². The number of hydrazone groups is 2. The maximum absolute atomic E-state index is 14.2. The molecule has 51 heavy (non-hydrogen) atoms. The normalized spacial score (nSPS) is 22.4. The fourth-order valence-corrected chi connectivity index (χ4v) is 5.84. The van der Waals surface area contributed by atoms with Crippen molar-refractivity contribution in [2.24, 2.45) is 16.1 Å². The molecule has 0 saturated carbocycles. The van der Waals surface area contributed by atoms with Gasteiger partial charge in [-0.05, 0) is 48.5 Å². The van der Waals surface area contributed by atoms with Gasteiger partial charge in [0.25, 0.3) is 0 Å². The van der Waals surface area contributed by atoms with Crippen LogP contribution < -0.4 is 53.6 Å². The summed E-state index contributed by atoms with van der Waals surface area (Å²) in [4.78, 5) is 67.2. The molecule has 3 aromatic rings.